The zero-order chi connectivity index (χ0) is 12.4. The van der Waals surface area contributed by atoms with Crippen LogP contribution in [0.2, 0.25) is 0 Å². The van der Waals surface area contributed by atoms with Crippen molar-refractivity contribution in [3.63, 3.8) is 0 Å². The van der Waals surface area contributed by atoms with Crippen LogP contribution in [0, 0.1) is 6.58 Å². The van der Waals surface area contributed by atoms with E-state index in [2.05, 4.69) is 36.4 Å². The molecule has 0 saturated heterocycles. The lowest BCUT2D eigenvalue weighted by molar-refractivity contribution is 1.62. The van der Waals surface area contributed by atoms with E-state index < -0.39 is 0 Å². The molecular formula is C18H13. The number of hydrogen-bond acceptors (Lipinski definition) is 0. The molecule has 0 bridgehead atoms. The van der Waals surface area contributed by atoms with Gasteiger partial charge in [0.25, 0.3) is 0 Å². The van der Waals surface area contributed by atoms with Crippen molar-refractivity contribution in [3.05, 3.63) is 78.9 Å². The monoisotopic (exact) mass is 229 g/mol. The molecule has 85 valence electrons. The molecule has 3 aromatic rings. The summed E-state index contributed by atoms with van der Waals surface area (Å²) >= 11 is 0. The molecule has 0 amide bonds. The van der Waals surface area contributed by atoms with Gasteiger partial charge in [-0.15, -0.1) is 0 Å². The largest absolute Gasteiger partial charge is 0.0622 e. The Morgan fingerprint density at radius 3 is 2.22 bits per heavy atom. The zero-order valence-electron chi connectivity index (χ0n) is 10.0. The summed E-state index contributed by atoms with van der Waals surface area (Å²) in [5, 5.41) is 2.41. The minimum Gasteiger partial charge on any atom is -0.0622 e. The summed E-state index contributed by atoms with van der Waals surface area (Å²) in [6.45, 7) is 5.83. The maximum absolute atomic E-state index is 5.83. The van der Waals surface area contributed by atoms with E-state index in [1.54, 1.807) is 6.08 Å². The number of hydrogen-bond donors (Lipinski definition) is 0. The smallest absolute Gasteiger partial charge is 0.00994 e. The normalized spacial score (nSPS) is 10.4. The molecule has 0 nitrogen and oxygen atoms in total. The van der Waals surface area contributed by atoms with Crippen LogP contribution in [0.15, 0.2) is 66.7 Å². The molecule has 18 heavy (non-hydrogen) atoms. The van der Waals surface area contributed by atoms with Crippen molar-refractivity contribution < 1.29 is 0 Å². The number of benzene rings is 3. The van der Waals surface area contributed by atoms with E-state index in [0.29, 0.717) is 0 Å². The van der Waals surface area contributed by atoms with Gasteiger partial charge >= 0.3 is 0 Å². The molecule has 0 unspecified atom stereocenters. The van der Waals surface area contributed by atoms with Crippen LogP contribution < -0.4 is 0 Å². The van der Waals surface area contributed by atoms with Crippen LogP contribution in [-0.2, 0) is 0 Å². The average Bonchev–Trinajstić information content (AvgIpc) is 2.47. The van der Waals surface area contributed by atoms with E-state index in [0.717, 1.165) is 5.56 Å². The summed E-state index contributed by atoms with van der Waals surface area (Å²) in [7, 11) is 0. The first-order valence-electron chi connectivity index (χ1n) is 6.02. The SMILES string of the molecule is [CH]=Cc1c(-c2ccccc2)ccc2ccccc12. The highest BCUT2D eigenvalue weighted by Crippen LogP contribution is 2.30. The van der Waals surface area contributed by atoms with Crippen LogP contribution in [0.3, 0.4) is 0 Å². The van der Waals surface area contributed by atoms with Crippen molar-refractivity contribution in [2.24, 2.45) is 0 Å². The second-order valence-electron chi connectivity index (χ2n) is 4.28. The van der Waals surface area contributed by atoms with Gasteiger partial charge in [0.05, 0.1) is 0 Å². The van der Waals surface area contributed by atoms with Crippen LogP contribution in [-0.4, -0.2) is 0 Å². The standard InChI is InChI=1S/C18H13/c1-2-16-17-11-7-6-10-15(17)12-13-18(16)14-8-4-3-5-9-14/h1-13H. The second kappa shape index (κ2) is 4.50. The van der Waals surface area contributed by atoms with Gasteiger partial charge in [-0.3, -0.25) is 0 Å². The molecule has 3 rings (SSSR count). The Morgan fingerprint density at radius 2 is 1.44 bits per heavy atom. The molecule has 0 heteroatoms. The van der Waals surface area contributed by atoms with Crippen LogP contribution in [0.25, 0.3) is 28.0 Å². The lowest BCUT2D eigenvalue weighted by atomic mass is 9.94. The Bertz CT molecular complexity index is 694. The van der Waals surface area contributed by atoms with E-state index >= 15 is 0 Å². The lowest BCUT2D eigenvalue weighted by Crippen LogP contribution is -1.85. The van der Waals surface area contributed by atoms with Crippen LogP contribution in [0.5, 0.6) is 0 Å². The van der Waals surface area contributed by atoms with Crippen molar-refractivity contribution in [3.8, 4) is 11.1 Å². The molecule has 0 aliphatic heterocycles. The van der Waals surface area contributed by atoms with Gasteiger partial charge in [0.15, 0.2) is 0 Å². The molecule has 3 aromatic carbocycles. The van der Waals surface area contributed by atoms with Crippen molar-refractivity contribution in [2.45, 2.75) is 0 Å². The third-order valence-corrected chi connectivity index (χ3v) is 3.22. The summed E-state index contributed by atoms with van der Waals surface area (Å²) in [5.74, 6) is 0. The summed E-state index contributed by atoms with van der Waals surface area (Å²) in [6.07, 6.45) is 1.70. The highest BCUT2D eigenvalue weighted by molar-refractivity contribution is 5.96. The Kier molecular flexibility index (Phi) is 2.70. The number of rotatable bonds is 2. The van der Waals surface area contributed by atoms with E-state index in [4.69, 9.17) is 6.58 Å². The molecule has 0 heterocycles. The molecule has 0 aliphatic rings. The van der Waals surface area contributed by atoms with E-state index in [9.17, 15) is 0 Å². The summed E-state index contributed by atoms with van der Waals surface area (Å²) in [4.78, 5) is 0. The lowest BCUT2D eigenvalue weighted by Gasteiger charge is -2.10. The first-order valence-corrected chi connectivity index (χ1v) is 6.02. The predicted molar refractivity (Wildman–Crippen MR) is 78.1 cm³/mol. The van der Waals surface area contributed by atoms with Crippen molar-refractivity contribution in [1.82, 2.24) is 0 Å². The van der Waals surface area contributed by atoms with Crippen molar-refractivity contribution in [2.75, 3.05) is 0 Å². The van der Waals surface area contributed by atoms with Gasteiger partial charge in [-0.2, -0.15) is 0 Å². The zero-order valence-corrected chi connectivity index (χ0v) is 10.0. The van der Waals surface area contributed by atoms with Gasteiger partial charge in [0, 0.05) is 0 Å². The minimum absolute atomic E-state index is 1.10. The van der Waals surface area contributed by atoms with E-state index in [1.807, 2.05) is 30.3 Å². The van der Waals surface area contributed by atoms with E-state index in [1.165, 1.54) is 21.9 Å². The fraction of sp³-hybridized carbons (Fsp3) is 0. The molecule has 0 aromatic heterocycles. The quantitative estimate of drug-likeness (QED) is 0.583. The average molecular weight is 229 g/mol. The highest BCUT2D eigenvalue weighted by atomic mass is 14.1. The summed E-state index contributed by atoms with van der Waals surface area (Å²) < 4.78 is 0. The van der Waals surface area contributed by atoms with Gasteiger partial charge in [0.1, 0.15) is 0 Å². The van der Waals surface area contributed by atoms with Crippen LogP contribution in [0.1, 0.15) is 5.56 Å². The Labute approximate surface area is 107 Å². The molecule has 0 N–H and O–H groups in total. The summed E-state index contributed by atoms with van der Waals surface area (Å²) in [6, 6.07) is 22.9. The van der Waals surface area contributed by atoms with Gasteiger partial charge in [0.2, 0.25) is 0 Å². The Morgan fingerprint density at radius 1 is 0.722 bits per heavy atom. The minimum atomic E-state index is 1.10. The van der Waals surface area contributed by atoms with Crippen LogP contribution in [0.4, 0.5) is 0 Å². The first-order chi connectivity index (χ1) is 8.90. The van der Waals surface area contributed by atoms with Gasteiger partial charge < -0.3 is 0 Å². The van der Waals surface area contributed by atoms with Gasteiger partial charge in [-0.05, 0) is 27.5 Å². The third kappa shape index (κ3) is 1.72. The van der Waals surface area contributed by atoms with Gasteiger partial charge in [-0.1, -0.05) is 79.4 Å². The number of fused-ring (bicyclic) bond motifs is 1. The fourth-order valence-corrected chi connectivity index (χ4v) is 2.34. The van der Waals surface area contributed by atoms with Crippen molar-refractivity contribution in [1.29, 1.82) is 0 Å². The Hall–Kier alpha value is -2.34. The first kappa shape index (κ1) is 10.8. The van der Waals surface area contributed by atoms with Crippen molar-refractivity contribution >= 4 is 16.8 Å². The van der Waals surface area contributed by atoms with E-state index in [-0.39, 0.29) is 0 Å². The molecule has 1 radical (unpaired) electrons. The molecule has 0 fully saturated rings. The molecule has 0 saturated carbocycles. The topological polar surface area (TPSA) is 0 Å². The maximum Gasteiger partial charge on any atom is -0.00994 e. The highest BCUT2D eigenvalue weighted by Gasteiger charge is 2.05. The van der Waals surface area contributed by atoms with Gasteiger partial charge in [-0.25, -0.2) is 0 Å². The summed E-state index contributed by atoms with van der Waals surface area (Å²) in [5.41, 5.74) is 3.47. The predicted octanol–water partition coefficient (Wildman–Crippen LogP) is 4.95. The second-order valence-corrected chi connectivity index (χ2v) is 4.28. The van der Waals surface area contributed by atoms with Crippen LogP contribution >= 0.6 is 0 Å². The maximum atomic E-state index is 5.83. The third-order valence-electron chi connectivity index (χ3n) is 3.22. The molecule has 0 spiro atoms. The Balaban J connectivity index is 2.34. The fourth-order valence-electron chi connectivity index (χ4n) is 2.34. The molecule has 0 aliphatic carbocycles. The molecule has 0 atom stereocenters. The molecular weight excluding hydrogens is 216 g/mol.